The number of benzene rings is 2. The highest BCUT2D eigenvalue weighted by molar-refractivity contribution is 5.34. The molecule has 3 heteroatoms. The van der Waals surface area contributed by atoms with Gasteiger partial charge in [-0.2, -0.15) is 0 Å². The zero-order valence-corrected chi connectivity index (χ0v) is 10.2. The molecule has 0 amide bonds. The first-order valence-electron chi connectivity index (χ1n) is 5.69. The van der Waals surface area contributed by atoms with Crippen LogP contribution in [0.3, 0.4) is 0 Å². The van der Waals surface area contributed by atoms with Crippen LogP contribution < -0.4 is 0 Å². The molecule has 0 heterocycles. The summed E-state index contributed by atoms with van der Waals surface area (Å²) in [6.45, 7) is 3.30. The summed E-state index contributed by atoms with van der Waals surface area (Å²) in [6.07, 6.45) is -1.02. The number of aryl methyl sites for hydroxylation is 2. The van der Waals surface area contributed by atoms with Gasteiger partial charge in [-0.25, -0.2) is 8.78 Å². The van der Waals surface area contributed by atoms with E-state index < -0.39 is 6.10 Å². The van der Waals surface area contributed by atoms with E-state index in [1.165, 1.54) is 12.1 Å². The molecule has 0 radical (unpaired) electrons. The van der Waals surface area contributed by atoms with Crippen molar-refractivity contribution in [2.45, 2.75) is 20.0 Å². The molecule has 0 saturated carbocycles. The van der Waals surface area contributed by atoms with Crippen LogP contribution in [0.15, 0.2) is 36.4 Å². The van der Waals surface area contributed by atoms with Crippen LogP contribution in [0.1, 0.15) is 28.4 Å². The minimum atomic E-state index is -1.02. The van der Waals surface area contributed by atoms with Gasteiger partial charge < -0.3 is 5.11 Å². The van der Waals surface area contributed by atoms with Crippen LogP contribution in [0.5, 0.6) is 0 Å². The third-order valence-corrected chi connectivity index (χ3v) is 3.02. The lowest BCUT2D eigenvalue weighted by Crippen LogP contribution is -2.02. The number of aliphatic hydroxyl groups is 1. The van der Waals surface area contributed by atoms with Gasteiger partial charge in [0.2, 0.25) is 0 Å². The van der Waals surface area contributed by atoms with Gasteiger partial charge >= 0.3 is 0 Å². The molecule has 18 heavy (non-hydrogen) atoms. The lowest BCUT2D eigenvalue weighted by molar-refractivity contribution is 0.219. The fourth-order valence-electron chi connectivity index (χ4n) is 1.75. The third-order valence-electron chi connectivity index (χ3n) is 3.02. The van der Waals surface area contributed by atoms with E-state index >= 15 is 0 Å². The first-order valence-corrected chi connectivity index (χ1v) is 5.69. The summed E-state index contributed by atoms with van der Waals surface area (Å²) in [4.78, 5) is 0. The molecule has 94 valence electrons. The molecule has 0 aromatic heterocycles. The Morgan fingerprint density at radius 3 is 1.56 bits per heavy atom. The van der Waals surface area contributed by atoms with Crippen molar-refractivity contribution in [3.05, 3.63) is 70.3 Å². The maximum absolute atomic E-state index is 13.4. The summed E-state index contributed by atoms with van der Waals surface area (Å²) in [5, 5.41) is 10.1. The largest absolute Gasteiger partial charge is 0.384 e. The van der Waals surface area contributed by atoms with Gasteiger partial charge in [-0.05, 0) is 48.2 Å². The highest BCUT2D eigenvalue weighted by Crippen LogP contribution is 2.24. The summed E-state index contributed by atoms with van der Waals surface area (Å²) in [5.74, 6) is -0.752. The van der Waals surface area contributed by atoms with Crippen LogP contribution in [-0.2, 0) is 0 Å². The highest BCUT2D eigenvalue weighted by atomic mass is 19.1. The molecular weight excluding hydrogens is 234 g/mol. The van der Waals surface area contributed by atoms with Gasteiger partial charge in [-0.1, -0.05) is 24.3 Å². The van der Waals surface area contributed by atoms with Crippen molar-refractivity contribution in [1.82, 2.24) is 0 Å². The zero-order valence-electron chi connectivity index (χ0n) is 10.2. The van der Waals surface area contributed by atoms with Crippen molar-refractivity contribution < 1.29 is 13.9 Å². The van der Waals surface area contributed by atoms with Crippen molar-refractivity contribution in [2.24, 2.45) is 0 Å². The van der Waals surface area contributed by atoms with Crippen LogP contribution in [0.2, 0.25) is 0 Å². The minimum absolute atomic E-state index is 0.376. The Labute approximate surface area is 105 Å². The summed E-state index contributed by atoms with van der Waals surface area (Å²) in [6, 6.07) is 9.02. The standard InChI is InChI=1S/C15H14F2O/c1-9-3-5-11(7-13(9)16)15(18)12-6-4-10(2)14(17)8-12/h3-8,15,18H,1-2H3. The Kier molecular flexibility index (Phi) is 3.43. The van der Waals surface area contributed by atoms with Gasteiger partial charge in [0.15, 0.2) is 0 Å². The normalized spacial score (nSPS) is 11.0. The summed E-state index contributed by atoms with van der Waals surface area (Å²) < 4.78 is 26.8. The fraction of sp³-hybridized carbons (Fsp3) is 0.200. The van der Waals surface area contributed by atoms with E-state index in [1.807, 2.05) is 0 Å². The lowest BCUT2D eigenvalue weighted by atomic mass is 9.99. The Hall–Kier alpha value is -1.74. The van der Waals surface area contributed by atoms with E-state index in [-0.39, 0.29) is 11.6 Å². The molecule has 2 aromatic rings. The minimum Gasteiger partial charge on any atom is -0.384 e. The molecule has 1 N–H and O–H groups in total. The van der Waals surface area contributed by atoms with E-state index in [9.17, 15) is 13.9 Å². The first kappa shape index (κ1) is 12.7. The molecule has 0 aliphatic heterocycles. The van der Waals surface area contributed by atoms with E-state index in [0.29, 0.717) is 22.3 Å². The number of hydrogen-bond acceptors (Lipinski definition) is 1. The van der Waals surface area contributed by atoms with E-state index in [4.69, 9.17) is 0 Å². The number of hydrogen-bond donors (Lipinski definition) is 1. The first-order chi connectivity index (χ1) is 8.49. The monoisotopic (exact) mass is 248 g/mol. The summed E-state index contributed by atoms with van der Waals surface area (Å²) in [7, 11) is 0. The Morgan fingerprint density at radius 1 is 0.833 bits per heavy atom. The van der Waals surface area contributed by atoms with Gasteiger partial charge in [-0.3, -0.25) is 0 Å². The van der Waals surface area contributed by atoms with Crippen molar-refractivity contribution >= 4 is 0 Å². The van der Waals surface area contributed by atoms with Crippen molar-refractivity contribution in [2.75, 3.05) is 0 Å². The van der Waals surface area contributed by atoms with Gasteiger partial charge in [0.25, 0.3) is 0 Å². The number of halogens is 2. The van der Waals surface area contributed by atoms with Gasteiger partial charge in [0, 0.05) is 0 Å². The lowest BCUT2D eigenvalue weighted by Gasteiger charge is -2.13. The highest BCUT2D eigenvalue weighted by Gasteiger charge is 2.13. The molecule has 0 fully saturated rings. The van der Waals surface area contributed by atoms with Crippen LogP contribution in [0, 0.1) is 25.5 Å². The molecule has 2 aromatic carbocycles. The number of rotatable bonds is 2. The summed E-state index contributed by atoms with van der Waals surface area (Å²) >= 11 is 0. The molecule has 2 rings (SSSR count). The molecule has 0 aliphatic rings. The Bertz CT molecular complexity index is 527. The Balaban J connectivity index is 2.37. The molecule has 1 nitrogen and oxygen atoms in total. The topological polar surface area (TPSA) is 20.2 Å². The SMILES string of the molecule is Cc1ccc(C(O)c2ccc(C)c(F)c2)cc1F. The average molecular weight is 248 g/mol. The van der Waals surface area contributed by atoms with Crippen LogP contribution in [0.25, 0.3) is 0 Å². The Morgan fingerprint density at radius 2 is 1.22 bits per heavy atom. The van der Waals surface area contributed by atoms with Crippen LogP contribution >= 0.6 is 0 Å². The van der Waals surface area contributed by atoms with Crippen molar-refractivity contribution in [1.29, 1.82) is 0 Å². The van der Waals surface area contributed by atoms with Gasteiger partial charge in [0.1, 0.15) is 17.7 Å². The molecule has 0 atom stereocenters. The quantitative estimate of drug-likeness (QED) is 0.859. The predicted octanol–water partition coefficient (Wildman–Crippen LogP) is 3.66. The fourth-order valence-corrected chi connectivity index (χ4v) is 1.75. The van der Waals surface area contributed by atoms with E-state index in [2.05, 4.69) is 0 Å². The average Bonchev–Trinajstić information content (AvgIpc) is 2.35. The third kappa shape index (κ3) is 2.41. The predicted molar refractivity (Wildman–Crippen MR) is 66.3 cm³/mol. The molecule has 0 bridgehead atoms. The second-order valence-corrected chi connectivity index (χ2v) is 4.42. The zero-order chi connectivity index (χ0) is 13.3. The molecule has 0 spiro atoms. The van der Waals surface area contributed by atoms with Gasteiger partial charge in [0.05, 0.1) is 0 Å². The van der Waals surface area contributed by atoms with E-state index in [0.717, 1.165) is 0 Å². The van der Waals surface area contributed by atoms with Crippen molar-refractivity contribution in [3.63, 3.8) is 0 Å². The van der Waals surface area contributed by atoms with Crippen LogP contribution in [0.4, 0.5) is 8.78 Å². The molecule has 0 saturated heterocycles. The van der Waals surface area contributed by atoms with E-state index in [1.54, 1.807) is 38.1 Å². The van der Waals surface area contributed by atoms with Crippen molar-refractivity contribution in [3.8, 4) is 0 Å². The second-order valence-electron chi connectivity index (χ2n) is 4.42. The molecule has 0 aliphatic carbocycles. The maximum Gasteiger partial charge on any atom is 0.126 e. The van der Waals surface area contributed by atoms with Crippen LogP contribution in [-0.4, -0.2) is 5.11 Å². The molecule has 0 unspecified atom stereocenters. The molecular formula is C15H14F2O. The number of aliphatic hydroxyl groups excluding tert-OH is 1. The smallest absolute Gasteiger partial charge is 0.126 e. The summed E-state index contributed by atoms with van der Waals surface area (Å²) in [5.41, 5.74) is 1.87. The maximum atomic E-state index is 13.4. The van der Waals surface area contributed by atoms with Gasteiger partial charge in [-0.15, -0.1) is 0 Å². The second kappa shape index (κ2) is 4.86.